The van der Waals surface area contributed by atoms with Gasteiger partial charge in [-0.1, -0.05) is 0 Å². The quantitative estimate of drug-likeness (QED) is 0.799. The van der Waals surface area contributed by atoms with E-state index in [0.717, 1.165) is 41.9 Å². The lowest BCUT2D eigenvalue weighted by Crippen LogP contribution is -1.88. The molecule has 92 valence electrons. The van der Waals surface area contributed by atoms with Crippen molar-refractivity contribution in [3.05, 3.63) is 40.8 Å². The van der Waals surface area contributed by atoms with Crippen LogP contribution in [0.15, 0.2) is 18.2 Å². The van der Waals surface area contributed by atoms with Crippen molar-refractivity contribution in [2.24, 2.45) is 0 Å². The van der Waals surface area contributed by atoms with Crippen molar-refractivity contribution in [1.29, 1.82) is 0 Å². The van der Waals surface area contributed by atoms with Gasteiger partial charge in [-0.25, -0.2) is 9.18 Å². The molecule has 0 atom stereocenters. The van der Waals surface area contributed by atoms with Gasteiger partial charge < -0.3 is 10.1 Å². The van der Waals surface area contributed by atoms with E-state index in [1.165, 1.54) is 23.8 Å². The van der Waals surface area contributed by atoms with Gasteiger partial charge in [0.1, 0.15) is 5.82 Å². The number of aromatic nitrogens is 1. The summed E-state index contributed by atoms with van der Waals surface area (Å²) in [6.45, 7) is 0. The molecule has 2 aromatic rings. The predicted octanol–water partition coefficient (Wildman–Crippen LogP) is 2.89. The van der Waals surface area contributed by atoms with Gasteiger partial charge in [0.25, 0.3) is 0 Å². The van der Waals surface area contributed by atoms with Crippen LogP contribution in [0.2, 0.25) is 0 Å². The van der Waals surface area contributed by atoms with Crippen LogP contribution < -0.4 is 0 Å². The third-order valence-electron chi connectivity index (χ3n) is 3.36. The molecule has 0 spiro atoms. The summed E-state index contributed by atoms with van der Waals surface area (Å²) >= 11 is 0. The predicted molar refractivity (Wildman–Crippen MR) is 67.0 cm³/mol. The maximum atomic E-state index is 13.6. The largest absolute Gasteiger partial charge is 0.478 e. The minimum atomic E-state index is -1.04. The molecule has 0 radical (unpaired) electrons. The van der Waals surface area contributed by atoms with E-state index in [1.807, 2.05) is 0 Å². The summed E-state index contributed by atoms with van der Waals surface area (Å²) < 4.78 is 13.6. The molecule has 0 bridgehead atoms. The second kappa shape index (κ2) is 3.98. The Morgan fingerprint density at radius 3 is 3.00 bits per heavy atom. The van der Waals surface area contributed by atoms with Gasteiger partial charge in [0, 0.05) is 22.7 Å². The summed E-state index contributed by atoms with van der Waals surface area (Å²) in [4.78, 5) is 13.8. The highest BCUT2D eigenvalue weighted by Crippen LogP contribution is 2.32. The first-order valence-electron chi connectivity index (χ1n) is 5.89. The number of carbonyl (C=O) groups is 1. The number of carboxylic acids is 1. The first kappa shape index (κ1) is 11.0. The zero-order valence-corrected chi connectivity index (χ0v) is 9.66. The molecule has 1 aromatic heterocycles. The van der Waals surface area contributed by atoms with Crippen LogP contribution in [0, 0.1) is 5.82 Å². The fraction of sp³-hybridized carbons (Fsp3) is 0.214. The molecule has 1 aliphatic rings. The lowest BCUT2D eigenvalue weighted by molar-refractivity contribution is -0.131. The fourth-order valence-corrected chi connectivity index (χ4v) is 2.63. The Hall–Kier alpha value is -2.10. The molecule has 0 fully saturated rings. The van der Waals surface area contributed by atoms with E-state index in [1.54, 1.807) is 0 Å². The van der Waals surface area contributed by atoms with E-state index >= 15 is 0 Å². The average molecular weight is 245 g/mol. The summed E-state index contributed by atoms with van der Waals surface area (Å²) in [6, 6.07) is 2.88. The van der Waals surface area contributed by atoms with Crippen molar-refractivity contribution in [1.82, 2.24) is 4.98 Å². The number of rotatable bonds is 2. The molecule has 1 aliphatic carbocycles. The highest BCUT2D eigenvalue weighted by Gasteiger charge is 2.18. The number of nitrogens with one attached hydrogen (secondary N) is 1. The van der Waals surface area contributed by atoms with E-state index in [2.05, 4.69) is 4.98 Å². The van der Waals surface area contributed by atoms with E-state index in [9.17, 15) is 9.18 Å². The van der Waals surface area contributed by atoms with Crippen molar-refractivity contribution >= 4 is 22.9 Å². The molecular weight excluding hydrogens is 233 g/mol. The number of aryl methyl sites for hydroxylation is 2. The zero-order chi connectivity index (χ0) is 12.7. The van der Waals surface area contributed by atoms with E-state index in [4.69, 9.17) is 5.11 Å². The first-order chi connectivity index (χ1) is 8.65. The smallest absolute Gasteiger partial charge is 0.328 e. The normalized spacial score (nSPS) is 14.5. The number of halogens is 1. The van der Waals surface area contributed by atoms with Gasteiger partial charge in [0.15, 0.2) is 0 Å². The van der Waals surface area contributed by atoms with E-state index in [0.29, 0.717) is 5.56 Å². The number of fused-ring (bicyclic) bond motifs is 3. The Balaban J connectivity index is 2.22. The van der Waals surface area contributed by atoms with Crippen molar-refractivity contribution < 1.29 is 14.3 Å². The molecule has 1 aromatic carbocycles. The monoisotopic (exact) mass is 245 g/mol. The number of hydrogen-bond acceptors (Lipinski definition) is 1. The van der Waals surface area contributed by atoms with Crippen molar-refractivity contribution in [2.75, 3.05) is 0 Å². The molecule has 2 N–H and O–H groups in total. The Kier molecular flexibility index (Phi) is 2.44. The average Bonchev–Trinajstić information content (AvgIpc) is 2.87. The lowest BCUT2D eigenvalue weighted by atomic mass is 10.1. The number of carboxylic acid groups (broad SMARTS) is 1. The topological polar surface area (TPSA) is 53.1 Å². The summed E-state index contributed by atoms with van der Waals surface area (Å²) in [7, 11) is 0. The number of hydrogen-bond donors (Lipinski definition) is 2. The molecule has 18 heavy (non-hydrogen) atoms. The Morgan fingerprint density at radius 1 is 1.39 bits per heavy atom. The van der Waals surface area contributed by atoms with Gasteiger partial charge in [-0.3, -0.25) is 0 Å². The summed E-state index contributed by atoms with van der Waals surface area (Å²) in [6.07, 6.45) is 5.49. The molecule has 0 saturated heterocycles. The summed E-state index contributed by atoms with van der Waals surface area (Å²) in [5.41, 5.74) is 3.75. The second-order valence-corrected chi connectivity index (χ2v) is 4.52. The van der Waals surface area contributed by atoms with Crippen LogP contribution in [0.1, 0.15) is 23.2 Å². The van der Waals surface area contributed by atoms with Gasteiger partial charge in [0.05, 0.1) is 5.52 Å². The van der Waals surface area contributed by atoms with Crippen molar-refractivity contribution in [2.45, 2.75) is 19.3 Å². The summed E-state index contributed by atoms with van der Waals surface area (Å²) in [5, 5.41) is 9.52. The standard InChI is InChI=1S/C14H12FNO2/c15-9-6-8(4-5-13(17)18)14-11(7-9)10-2-1-3-12(10)16-14/h4-7,16H,1-3H2,(H,17,18)/b5-4+. The van der Waals surface area contributed by atoms with Gasteiger partial charge in [-0.2, -0.15) is 0 Å². The lowest BCUT2D eigenvalue weighted by Gasteiger charge is -2.00. The fourth-order valence-electron chi connectivity index (χ4n) is 2.63. The number of H-pyrrole nitrogens is 1. The van der Waals surface area contributed by atoms with Gasteiger partial charge in [0.2, 0.25) is 0 Å². The van der Waals surface area contributed by atoms with Crippen LogP contribution in [-0.4, -0.2) is 16.1 Å². The molecule has 0 unspecified atom stereocenters. The molecule has 4 heteroatoms. The van der Waals surface area contributed by atoms with E-state index < -0.39 is 5.97 Å². The zero-order valence-electron chi connectivity index (χ0n) is 9.66. The third kappa shape index (κ3) is 1.70. The van der Waals surface area contributed by atoms with Gasteiger partial charge >= 0.3 is 5.97 Å². The second-order valence-electron chi connectivity index (χ2n) is 4.52. The number of benzene rings is 1. The summed E-state index contributed by atoms with van der Waals surface area (Å²) in [5.74, 6) is -1.37. The third-order valence-corrected chi connectivity index (χ3v) is 3.36. The minimum Gasteiger partial charge on any atom is -0.478 e. The molecule has 3 nitrogen and oxygen atoms in total. The Labute approximate surface area is 103 Å². The molecule has 3 rings (SSSR count). The van der Waals surface area contributed by atoms with Crippen LogP contribution in [-0.2, 0) is 17.6 Å². The van der Waals surface area contributed by atoms with Crippen LogP contribution in [0.5, 0.6) is 0 Å². The number of aromatic amines is 1. The Morgan fingerprint density at radius 2 is 2.22 bits per heavy atom. The van der Waals surface area contributed by atoms with Crippen LogP contribution in [0.25, 0.3) is 17.0 Å². The number of aliphatic carboxylic acids is 1. The van der Waals surface area contributed by atoms with Crippen LogP contribution in [0.3, 0.4) is 0 Å². The minimum absolute atomic E-state index is 0.332. The van der Waals surface area contributed by atoms with Crippen molar-refractivity contribution in [3.63, 3.8) is 0 Å². The van der Waals surface area contributed by atoms with Gasteiger partial charge in [-0.05, 0) is 43.0 Å². The molecule has 1 heterocycles. The molecule has 0 saturated carbocycles. The maximum Gasteiger partial charge on any atom is 0.328 e. The van der Waals surface area contributed by atoms with E-state index in [-0.39, 0.29) is 5.82 Å². The SMILES string of the molecule is O=C(O)/C=C/c1cc(F)cc2c3c([nH]c12)CCC3. The Bertz CT molecular complexity index is 670. The first-order valence-corrected chi connectivity index (χ1v) is 5.89. The molecular formula is C14H12FNO2. The maximum absolute atomic E-state index is 13.6. The molecule has 0 aliphatic heterocycles. The highest BCUT2D eigenvalue weighted by atomic mass is 19.1. The van der Waals surface area contributed by atoms with Gasteiger partial charge in [-0.15, -0.1) is 0 Å². The van der Waals surface area contributed by atoms with Crippen LogP contribution in [0.4, 0.5) is 4.39 Å². The highest BCUT2D eigenvalue weighted by molar-refractivity contribution is 5.95. The van der Waals surface area contributed by atoms with Crippen LogP contribution >= 0.6 is 0 Å². The van der Waals surface area contributed by atoms with Crippen molar-refractivity contribution in [3.8, 4) is 0 Å². The molecule has 0 amide bonds.